The molecule has 0 fully saturated rings. The van der Waals surface area contributed by atoms with Crippen LogP contribution in [0.2, 0.25) is 0 Å². The predicted molar refractivity (Wildman–Crippen MR) is 77.1 cm³/mol. The van der Waals surface area contributed by atoms with Crippen molar-refractivity contribution in [3.8, 4) is 6.07 Å². The van der Waals surface area contributed by atoms with Gasteiger partial charge in [-0.2, -0.15) is 10.4 Å². The van der Waals surface area contributed by atoms with Crippen LogP contribution in [0.5, 0.6) is 0 Å². The molecule has 0 aliphatic rings. The molecule has 104 valence electrons. The maximum atomic E-state index is 10.7. The van der Waals surface area contributed by atoms with Crippen molar-refractivity contribution >= 4 is 0 Å². The number of aromatic nitrogens is 2. The molecular weight excluding hydrogens is 250 g/mol. The van der Waals surface area contributed by atoms with Gasteiger partial charge in [-0.05, 0) is 44.5 Å². The van der Waals surface area contributed by atoms with Crippen LogP contribution in [-0.4, -0.2) is 14.9 Å². The molecule has 0 radical (unpaired) electrons. The molecule has 0 spiro atoms. The molecule has 1 N–H and O–H groups in total. The second-order valence-electron chi connectivity index (χ2n) is 5.24. The summed E-state index contributed by atoms with van der Waals surface area (Å²) in [4.78, 5) is 0. The summed E-state index contributed by atoms with van der Waals surface area (Å²) >= 11 is 0. The Morgan fingerprint density at radius 1 is 1.40 bits per heavy atom. The van der Waals surface area contributed by atoms with Gasteiger partial charge in [-0.1, -0.05) is 12.1 Å². The van der Waals surface area contributed by atoms with E-state index in [0.717, 1.165) is 23.5 Å². The quantitative estimate of drug-likeness (QED) is 0.927. The van der Waals surface area contributed by atoms with Crippen molar-refractivity contribution in [2.24, 2.45) is 0 Å². The van der Waals surface area contributed by atoms with Crippen molar-refractivity contribution in [3.05, 3.63) is 52.8 Å². The van der Waals surface area contributed by atoms with E-state index in [2.05, 4.69) is 11.2 Å². The van der Waals surface area contributed by atoms with Gasteiger partial charge < -0.3 is 5.11 Å². The number of hydrogen-bond donors (Lipinski definition) is 1. The average molecular weight is 269 g/mol. The van der Waals surface area contributed by atoms with Crippen LogP contribution in [0.25, 0.3) is 0 Å². The highest BCUT2D eigenvalue weighted by molar-refractivity contribution is 5.36. The molecule has 0 aliphatic carbocycles. The van der Waals surface area contributed by atoms with E-state index in [1.54, 1.807) is 25.1 Å². The maximum Gasteiger partial charge on any atom is 0.0991 e. The van der Waals surface area contributed by atoms with Crippen LogP contribution in [0.1, 0.15) is 36.4 Å². The third-order valence-electron chi connectivity index (χ3n) is 3.42. The molecule has 2 aromatic rings. The van der Waals surface area contributed by atoms with Crippen LogP contribution in [0.4, 0.5) is 0 Å². The molecule has 0 saturated carbocycles. The number of rotatable bonds is 4. The van der Waals surface area contributed by atoms with E-state index >= 15 is 0 Å². The van der Waals surface area contributed by atoms with E-state index in [9.17, 15) is 5.11 Å². The topological polar surface area (TPSA) is 61.8 Å². The lowest BCUT2D eigenvalue weighted by molar-refractivity contribution is 0.0554. The number of aliphatic hydroxyl groups is 1. The fourth-order valence-electron chi connectivity index (χ4n) is 2.39. The fourth-order valence-corrected chi connectivity index (χ4v) is 2.39. The smallest absolute Gasteiger partial charge is 0.0991 e. The molecule has 0 aliphatic heterocycles. The fraction of sp³-hybridized carbons (Fsp3) is 0.375. The van der Waals surface area contributed by atoms with Gasteiger partial charge in [-0.3, -0.25) is 4.68 Å². The molecular formula is C16H19N3O. The van der Waals surface area contributed by atoms with Gasteiger partial charge in [0.1, 0.15) is 0 Å². The largest absolute Gasteiger partial charge is 0.385 e. The van der Waals surface area contributed by atoms with Gasteiger partial charge in [-0.15, -0.1) is 0 Å². The van der Waals surface area contributed by atoms with Gasteiger partial charge in [-0.25, -0.2) is 0 Å². The van der Waals surface area contributed by atoms with Crippen molar-refractivity contribution in [2.45, 2.75) is 39.3 Å². The van der Waals surface area contributed by atoms with Crippen LogP contribution in [0.15, 0.2) is 30.3 Å². The first-order chi connectivity index (χ1) is 9.46. The lowest BCUT2D eigenvalue weighted by Gasteiger charge is -2.24. The van der Waals surface area contributed by atoms with Gasteiger partial charge in [0.15, 0.2) is 0 Å². The van der Waals surface area contributed by atoms with E-state index in [4.69, 9.17) is 5.26 Å². The SMILES string of the molecule is CCn1nc(C)cc1CC(C)(O)c1cccc(C#N)c1. The second-order valence-corrected chi connectivity index (χ2v) is 5.24. The third kappa shape index (κ3) is 2.89. The Morgan fingerprint density at radius 2 is 2.15 bits per heavy atom. The highest BCUT2D eigenvalue weighted by Gasteiger charge is 2.25. The van der Waals surface area contributed by atoms with Crippen molar-refractivity contribution < 1.29 is 5.11 Å². The van der Waals surface area contributed by atoms with Crippen molar-refractivity contribution in [3.63, 3.8) is 0 Å². The van der Waals surface area contributed by atoms with Crippen LogP contribution in [0, 0.1) is 18.3 Å². The molecule has 20 heavy (non-hydrogen) atoms. The van der Waals surface area contributed by atoms with Crippen LogP contribution in [-0.2, 0) is 18.6 Å². The zero-order valence-corrected chi connectivity index (χ0v) is 12.1. The van der Waals surface area contributed by atoms with Gasteiger partial charge in [0.05, 0.1) is 22.9 Å². The molecule has 0 amide bonds. The van der Waals surface area contributed by atoms with E-state index in [-0.39, 0.29) is 0 Å². The number of nitriles is 1. The molecule has 1 aromatic carbocycles. The summed E-state index contributed by atoms with van der Waals surface area (Å²) in [6.07, 6.45) is 0.469. The molecule has 1 heterocycles. The molecule has 1 atom stereocenters. The van der Waals surface area contributed by atoms with E-state index in [1.807, 2.05) is 30.7 Å². The summed E-state index contributed by atoms with van der Waals surface area (Å²) in [5.74, 6) is 0. The molecule has 1 unspecified atom stereocenters. The Hall–Kier alpha value is -2.12. The molecule has 0 bridgehead atoms. The number of benzene rings is 1. The molecule has 1 aromatic heterocycles. The van der Waals surface area contributed by atoms with E-state index in [0.29, 0.717) is 12.0 Å². The summed E-state index contributed by atoms with van der Waals surface area (Å²) in [5, 5.41) is 24.1. The highest BCUT2D eigenvalue weighted by Crippen LogP contribution is 2.26. The predicted octanol–water partition coefficient (Wildman–Crippen LogP) is 2.53. The Balaban J connectivity index is 2.32. The molecule has 2 rings (SSSR count). The van der Waals surface area contributed by atoms with Gasteiger partial charge in [0.2, 0.25) is 0 Å². The average Bonchev–Trinajstić information content (AvgIpc) is 2.78. The monoisotopic (exact) mass is 269 g/mol. The van der Waals surface area contributed by atoms with Gasteiger partial charge >= 0.3 is 0 Å². The Morgan fingerprint density at radius 3 is 2.80 bits per heavy atom. The Labute approximate surface area is 119 Å². The molecule has 4 nitrogen and oxygen atoms in total. The minimum atomic E-state index is -1.02. The van der Waals surface area contributed by atoms with Crippen LogP contribution in [0.3, 0.4) is 0 Å². The summed E-state index contributed by atoms with van der Waals surface area (Å²) in [6.45, 7) is 6.52. The third-order valence-corrected chi connectivity index (χ3v) is 3.42. The molecule has 0 saturated heterocycles. The van der Waals surface area contributed by atoms with Crippen molar-refractivity contribution in [2.75, 3.05) is 0 Å². The Kier molecular flexibility index (Phi) is 3.91. The van der Waals surface area contributed by atoms with Crippen molar-refractivity contribution in [1.82, 2.24) is 9.78 Å². The number of hydrogen-bond acceptors (Lipinski definition) is 3. The van der Waals surface area contributed by atoms with E-state index in [1.165, 1.54) is 0 Å². The summed E-state index contributed by atoms with van der Waals surface area (Å²) in [6, 6.07) is 11.2. The normalized spacial score (nSPS) is 13.8. The standard InChI is InChI=1S/C16H19N3O/c1-4-19-15(8-12(2)18-19)10-16(3,20)14-7-5-6-13(9-14)11-17/h5-9,20H,4,10H2,1-3H3. The molecule has 4 heteroatoms. The second kappa shape index (κ2) is 5.48. The summed E-state index contributed by atoms with van der Waals surface area (Å²) in [5.41, 5.74) is 2.23. The minimum absolute atomic E-state index is 0.469. The first-order valence-electron chi connectivity index (χ1n) is 6.72. The Bertz CT molecular complexity index is 650. The maximum absolute atomic E-state index is 10.7. The number of nitrogens with zero attached hydrogens (tertiary/aromatic N) is 3. The number of aryl methyl sites for hydroxylation is 2. The van der Waals surface area contributed by atoms with E-state index < -0.39 is 5.60 Å². The van der Waals surface area contributed by atoms with Crippen LogP contribution >= 0.6 is 0 Å². The zero-order chi connectivity index (χ0) is 14.8. The van der Waals surface area contributed by atoms with Crippen molar-refractivity contribution in [1.29, 1.82) is 5.26 Å². The summed E-state index contributed by atoms with van der Waals surface area (Å²) < 4.78 is 1.90. The van der Waals surface area contributed by atoms with Crippen LogP contribution < -0.4 is 0 Å². The summed E-state index contributed by atoms with van der Waals surface area (Å²) in [7, 11) is 0. The first-order valence-corrected chi connectivity index (χ1v) is 6.72. The minimum Gasteiger partial charge on any atom is -0.385 e. The lowest BCUT2D eigenvalue weighted by Crippen LogP contribution is -2.26. The van der Waals surface area contributed by atoms with Gasteiger partial charge in [0, 0.05) is 18.7 Å². The zero-order valence-electron chi connectivity index (χ0n) is 12.1. The highest BCUT2D eigenvalue weighted by atomic mass is 16.3. The van der Waals surface area contributed by atoms with Gasteiger partial charge in [0.25, 0.3) is 0 Å². The lowest BCUT2D eigenvalue weighted by atomic mass is 9.90. The first kappa shape index (κ1) is 14.3.